The summed E-state index contributed by atoms with van der Waals surface area (Å²) in [5.74, 6) is 0.421. The third kappa shape index (κ3) is 3.22. The maximum absolute atomic E-state index is 10.7. The fourth-order valence-electron chi connectivity index (χ4n) is 2.57. The number of ether oxygens (including phenoxy) is 3. The molecule has 27 heavy (non-hydrogen) atoms. The van der Waals surface area contributed by atoms with Gasteiger partial charge in [0.1, 0.15) is 28.2 Å². The molecule has 2 N–H and O–H groups in total. The van der Waals surface area contributed by atoms with Gasteiger partial charge in [-0.25, -0.2) is 4.79 Å². The van der Waals surface area contributed by atoms with Gasteiger partial charge in [-0.15, -0.1) is 15.0 Å². The van der Waals surface area contributed by atoms with Crippen molar-refractivity contribution in [2.45, 2.75) is 6.42 Å². The lowest BCUT2D eigenvalue weighted by atomic mass is 10.2. The maximum atomic E-state index is 10.7. The van der Waals surface area contributed by atoms with Crippen LogP contribution in [0.3, 0.4) is 0 Å². The Morgan fingerprint density at radius 3 is 2.70 bits per heavy atom. The first kappa shape index (κ1) is 16.7. The number of carbonyl (C=O) groups is 1. The Morgan fingerprint density at radius 2 is 1.93 bits per heavy atom. The minimum atomic E-state index is -1.04. The Morgan fingerprint density at radius 1 is 1.19 bits per heavy atom. The Kier molecular flexibility index (Phi) is 4.03. The molecule has 0 amide bonds. The fraction of sp³-hybridized carbons (Fsp3) is 0.167. The lowest BCUT2D eigenvalue weighted by Crippen LogP contribution is -2.05. The highest BCUT2D eigenvalue weighted by atomic mass is 16.7. The number of rotatable bonds is 6. The molecule has 0 radical (unpaired) electrons. The number of nitrogens with zero attached hydrogens (tertiary/aromatic N) is 3. The van der Waals surface area contributed by atoms with E-state index in [1.54, 1.807) is 24.3 Å². The molecule has 0 bridgehead atoms. The fourth-order valence-corrected chi connectivity index (χ4v) is 2.57. The van der Waals surface area contributed by atoms with E-state index in [2.05, 4.69) is 16.8 Å². The number of fused-ring (bicyclic) bond motifs is 2. The number of phenolic OH excluding ortho intramolecular Hbond substituents is 1. The second-order valence-corrected chi connectivity index (χ2v) is 5.84. The number of carboxylic acid groups (broad SMARTS) is 1. The van der Waals surface area contributed by atoms with Crippen molar-refractivity contribution in [2.24, 2.45) is 0 Å². The molecule has 4 rings (SSSR count). The Balaban J connectivity index is 1.56. The third-order valence-corrected chi connectivity index (χ3v) is 4.01. The van der Waals surface area contributed by atoms with Gasteiger partial charge in [-0.05, 0) is 12.1 Å². The van der Waals surface area contributed by atoms with Gasteiger partial charge in [0.15, 0.2) is 11.5 Å². The number of benzene rings is 2. The Labute approximate surface area is 153 Å². The van der Waals surface area contributed by atoms with Crippen LogP contribution in [0.5, 0.6) is 23.0 Å². The maximum Gasteiger partial charge on any atom is 0.331 e. The van der Waals surface area contributed by atoms with Crippen LogP contribution in [0.25, 0.3) is 16.7 Å². The first-order valence-electron chi connectivity index (χ1n) is 8.05. The van der Waals surface area contributed by atoms with Crippen molar-refractivity contribution in [1.82, 2.24) is 15.0 Å². The summed E-state index contributed by atoms with van der Waals surface area (Å²) in [7, 11) is 0. The van der Waals surface area contributed by atoms with Crippen molar-refractivity contribution >= 4 is 17.0 Å². The number of aromatic nitrogens is 3. The van der Waals surface area contributed by atoms with Crippen molar-refractivity contribution in [2.75, 3.05) is 13.4 Å². The number of aromatic hydroxyl groups is 1. The Bertz CT molecular complexity index is 1060. The molecule has 138 valence electrons. The minimum absolute atomic E-state index is 0.0387. The van der Waals surface area contributed by atoms with E-state index in [1.165, 1.54) is 10.9 Å². The monoisotopic (exact) mass is 369 g/mol. The number of hydrogen-bond acceptors (Lipinski definition) is 7. The predicted molar refractivity (Wildman–Crippen MR) is 93.5 cm³/mol. The van der Waals surface area contributed by atoms with E-state index in [0.29, 0.717) is 34.0 Å². The van der Waals surface area contributed by atoms with Gasteiger partial charge in [-0.3, -0.25) is 0 Å². The summed E-state index contributed by atoms with van der Waals surface area (Å²) in [6, 6.07) is 8.18. The smallest absolute Gasteiger partial charge is 0.331 e. The highest BCUT2D eigenvalue weighted by Gasteiger charge is 2.19. The molecule has 0 saturated carbocycles. The standard InChI is InChI=1S/C18H15N3O6/c1-10(18(23)24)4-5-25-11-2-3-12-13(6-11)20-21(19-12)14-7-16-17(8-15(14)22)27-9-26-16/h2-3,6-8,22H,1,4-5,9H2,(H,23,24). The summed E-state index contributed by atoms with van der Waals surface area (Å²) in [5.41, 5.74) is 1.60. The molecule has 1 aromatic heterocycles. The lowest BCUT2D eigenvalue weighted by Gasteiger charge is -2.05. The van der Waals surface area contributed by atoms with Crippen LogP contribution < -0.4 is 14.2 Å². The molecule has 2 heterocycles. The second kappa shape index (κ2) is 6.52. The number of hydrogen-bond donors (Lipinski definition) is 2. The quantitative estimate of drug-likeness (QED) is 0.636. The lowest BCUT2D eigenvalue weighted by molar-refractivity contribution is -0.132. The topological polar surface area (TPSA) is 116 Å². The van der Waals surface area contributed by atoms with Crippen molar-refractivity contribution in [3.05, 3.63) is 42.5 Å². The van der Waals surface area contributed by atoms with E-state index < -0.39 is 5.97 Å². The third-order valence-electron chi connectivity index (χ3n) is 4.01. The molecule has 0 spiro atoms. The molecule has 0 saturated heterocycles. The van der Waals surface area contributed by atoms with E-state index in [0.717, 1.165) is 0 Å². The van der Waals surface area contributed by atoms with E-state index in [9.17, 15) is 9.90 Å². The molecule has 3 aromatic rings. The van der Waals surface area contributed by atoms with Gasteiger partial charge in [-0.1, -0.05) is 6.58 Å². The minimum Gasteiger partial charge on any atom is -0.505 e. The summed E-state index contributed by atoms with van der Waals surface area (Å²) in [6.07, 6.45) is 0.213. The van der Waals surface area contributed by atoms with E-state index in [4.69, 9.17) is 19.3 Å². The largest absolute Gasteiger partial charge is 0.505 e. The van der Waals surface area contributed by atoms with Crippen LogP contribution in [0.15, 0.2) is 42.5 Å². The zero-order valence-corrected chi connectivity index (χ0v) is 14.1. The van der Waals surface area contributed by atoms with Gasteiger partial charge >= 0.3 is 5.97 Å². The van der Waals surface area contributed by atoms with E-state index in [1.807, 2.05) is 0 Å². The van der Waals surface area contributed by atoms with Crippen molar-refractivity contribution in [1.29, 1.82) is 0 Å². The number of carboxylic acids is 1. The van der Waals surface area contributed by atoms with E-state index in [-0.39, 0.29) is 31.1 Å². The zero-order valence-electron chi connectivity index (χ0n) is 14.1. The van der Waals surface area contributed by atoms with Crippen molar-refractivity contribution < 1.29 is 29.2 Å². The van der Waals surface area contributed by atoms with Gasteiger partial charge in [0.25, 0.3) is 0 Å². The number of phenols is 1. The molecular formula is C18H15N3O6. The summed E-state index contributed by atoms with van der Waals surface area (Å²) < 4.78 is 16.1. The van der Waals surface area contributed by atoms with Crippen molar-refractivity contribution in [3.8, 4) is 28.7 Å². The van der Waals surface area contributed by atoms with Crippen LogP contribution in [0, 0.1) is 0 Å². The summed E-state index contributed by atoms with van der Waals surface area (Å²) in [4.78, 5) is 12.0. The molecule has 0 unspecified atom stereocenters. The molecular weight excluding hydrogens is 354 g/mol. The van der Waals surface area contributed by atoms with Crippen LogP contribution in [-0.2, 0) is 4.79 Å². The normalized spacial score (nSPS) is 12.3. The number of aliphatic carboxylic acids is 1. The van der Waals surface area contributed by atoms with Crippen LogP contribution in [-0.4, -0.2) is 44.6 Å². The van der Waals surface area contributed by atoms with Gasteiger partial charge in [0, 0.05) is 30.2 Å². The van der Waals surface area contributed by atoms with E-state index >= 15 is 0 Å². The van der Waals surface area contributed by atoms with Gasteiger partial charge in [0.05, 0.1) is 6.61 Å². The van der Waals surface area contributed by atoms with Gasteiger partial charge in [0.2, 0.25) is 6.79 Å². The first-order chi connectivity index (χ1) is 13.0. The van der Waals surface area contributed by atoms with Gasteiger partial charge in [-0.2, -0.15) is 0 Å². The molecule has 0 aliphatic carbocycles. The zero-order chi connectivity index (χ0) is 19.0. The molecule has 0 atom stereocenters. The highest BCUT2D eigenvalue weighted by Crippen LogP contribution is 2.39. The highest BCUT2D eigenvalue weighted by molar-refractivity contribution is 5.85. The molecule has 9 nitrogen and oxygen atoms in total. The van der Waals surface area contributed by atoms with Crippen LogP contribution in [0.1, 0.15) is 6.42 Å². The van der Waals surface area contributed by atoms with Crippen LogP contribution in [0.4, 0.5) is 0 Å². The predicted octanol–water partition coefficient (Wildman–Crippen LogP) is 2.26. The second-order valence-electron chi connectivity index (χ2n) is 5.84. The van der Waals surface area contributed by atoms with Crippen LogP contribution in [0.2, 0.25) is 0 Å². The SMILES string of the molecule is C=C(CCOc1ccc2nn(-c3cc4c(cc3O)OCO4)nc2c1)C(=O)O. The molecule has 0 fully saturated rings. The summed E-state index contributed by atoms with van der Waals surface area (Å²) in [5, 5.41) is 27.7. The van der Waals surface area contributed by atoms with Crippen LogP contribution >= 0.6 is 0 Å². The molecule has 1 aliphatic rings. The molecule has 9 heteroatoms. The molecule has 1 aliphatic heterocycles. The Hall–Kier alpha value is -3.75. The summed E-state index contributed by atoms with van der Waals surface area (Å²) >= 11 is 0. The average Bonchev–Trinajstić information content (AvgIpc) is 3.26. The average molecular weight is 369 g/mol. The first-order valence-corrected chi connectivity index (χ1v) is 8.05. The molecule has 2 aromatic carbocycles. The van der Waals surface area contributed by atoms with Gasteiger partial charge < -0.3 is 24.4 Å². The van der Waals surface area contributed by atoms with Crippen molar-refractivity contribution in [3.63, 3.8) is 0 Å². The summed E-state index contributed by atoms with van der Waals surface area (Å²) in [6.45, 7) is 3.74.